The number of carbonyl (C=O) groups excluding carboxylic acids is 3. The second-order valence-corrected chi connectivity index (χ2v) is 15.1. The predicted molar refractivity (Wildman–Crippen MR) is 175 cm³/mol. The van der Waals surface area contributed by atoms with Crippen LogP contribution in [0.3, 0.4) is 0 Å². The molecule has 12 atom stereocenters. The van der Waals surface area contributed by atoms with Gasteiger partial charge in [-0.25, -0.2) is 4.79 Å². The van der Waals surface area contributed by atoms with E-state index in [2.05, 4.69) is 13.0 Å². The zero-order valence-corrected chi connectivity index (χ0v) is 29.3. The maximum Gasteiger partial charge on any atom is 0.509 e. The van der Waals surface area contributed by atoms with Gasteiger partial charge in [0.15, 0.2) is 18.5 Å². The van der Waals surface area contributed by atoms with Crippen molar-refractivity contribution in [1.29, 1.82) is 0 Å². The Labute approximate surface area is 288 Å². The van der Waals surface area contributed by atoms with Crippen molar-refractivity contribution < 1.29 is 52.7 Å². The fourth-order valence-electron chi connectivity index (χ4n) is 10.7. The number of carboxylic acids is 1. The minimum Gasteiger partial charge on any atom is -0.481 e. The van der Waals surface area contributed by atoms with E-state index in [0.717, 1.165) is 30.3 Å². The number of hydrogen-bond acceptors (Lipinski definition) is 10. The van der Waals surface area contributed by atoms with Gasteiger partial charge >= 0.3 is 18.1 Å². The molecular formula is C38H50O11. The van der Waals surface area contributed by atoms with Gasteiger partial charge in [-0.1, -0.05) is 76.1 Å². The van der Waals surface area contributed by atoms with Gasteiger partial charge in [-0.15, -0.1) is 0 Å². The number of esters is 1. The van der Waals surface area contributed by atoms with Crippen LogP contribution < -0.4 is 0 Å². The molecule has 0 amide bonds. The van der Waals surface area contributed by atoms with Gasteiger partial charge in [-0.2, -0.15) is 0 Å². The van der Waals surface area contributed by atoms with Crippen LogP contribution in [-0.4, -0.2) is 73.9 Å². The molecule has 268 valence electrons. The van der Waals surface area contributed by atoms with Gasteiger partial charge in [-0.05, 0) is 61.3 Å². The first-order valence-corrected chi connectivity index (χ1v) is 17.7. The van der Waals surface area contributed by atoms with Crippen LogP contribution >= 0.6 is 0 Å². The van der Waals surface area contributed by atoms with Crippen molar-refractivity contribution >= 4 is 24.4 Å². The summed E-state index contributed by atoms with van der Waals surface area (Å²) in [6.45, 7) is 9.47. The highest BCUT2D eigenvalue weighted by Gasteiger charge is 2.84. The fourth-order valence-corrected chi connectivity index (χ4v) is 10.7. The lowest BCUT2D eigenvalue weighted by atomic mass is 9.43. The van der Waals surface area contributed by atoms with Gasteiger partial charge in [-0.3, -0.25) is 9.59 Å². The maximum atomic E-state index is 13.9. The van der Waals surface area contributed by atoms with E-state index < -0.39 is 65.0 Å². The van der Waals surface area contributed by atoms with E-state index in [1.165, 1.54) is 7.11 Å². The first kappa shape index (κ1) is 35.5. The van der Waals surface area contributed by atoms with Crippen molar-refractivity contribution in [2.24, 2.45) is 45.8 Å². The minimum atomic E-state index is -1.46. The summed E-state index contributed by atoms with van der Waals surface area (Å²) >= 11 is 0. The highest BCUT2D eigenvalue weighted by molar-refractivity contribution is 5.90. The SMILES string of the molecule is CCC(=O)O[C@H]1[C@H](OC(=O)OCc2ccccc2)[C@H](OCC23CC4C(C)CCC4C4(C=O)CC2C=C(C(C)C)C43C(=O)O)O[C@H](C)[C@H]1OC. The summed E-state index contributed by atoms with van der Waals surface area (Å²) in [7, 11) is 1.45. The van der Waals surface area contributed by atoms with E-state index >= 15 is 0 Å². The standard InChI is InChI=1S/C38H50O11/c1-7-29(40)48-31-30(44-6)23(5)47-33(32(31)49-35(43)45-18-24-11-9-8-10-12-24)46-20-37-17-26-22(4)13-14-27(26)36(19-39)16-25(37)15-28(21(2)3)38(36,37)34(41)42/h8-12,15,19,21-23,25-27,30-33H,7,13-14,16-18,20H2,1-6H3,(H,41,42)/t22?,23-,25?,26?,27?,30-,31-,32+,33-,36?,37?,38?/m1/s1. The highest BCUT2D eigenvalue weighted by atomic mass is 16.8. The maximum absolute atomic E-state index is 13.9. The molecule has 6 rings (SSSR count). The Hall–Kier alpha value is -3.28. The van der Waals surface area contributed by atoms with Crippen LogP contribution in [0.1, 0.15) is 72.3 Å². The molecule has 0 aromatic heterocycles. The topological polar surface area (TPSA) is 144 Å². The molecule has 1 aliphatic heterocycles. The van der Waals surface area contributed by atoms with E-state index in [4.69, 9.17) is 28.4 Å². The molecule has 1 saturated heterocycles. The number of methoxy groups -OCH3 is 1. The molecule has 5 aliphatic rings. The van der Waals surface area contributed by atoms with Crippen molar-refractivity contribution in [3.63, 3.8) is 0 Å². The second kappa shape index (κ2) is 13.5. The van der Waals surface area contributed by atoms with E-state index in [9.17, 15) is 24.3 Å². The van der Waals surface area contributed by atoms with Crippen molar-refractivity contribution in [3.05, 3.63) is 47.5 Å². The van der Waals surface area contributed by atoms with Crippen molar-refractivity contribution in [2.45, 2.75) is 104 Å². The van der Waals surface area contributed by atoms with E-state index in [1.807, 2.05) is 44.2 Å². The lowest BCUT2D eigenvalue weighted by Gasteiger charge is -2.58. The number of benzene rings is 1. The summed E-state index contributed by atoms with van der Waals surface area (Å²) in [4.78, 5) is 53.2. The molecule has 7 unspecified atom stereocenters. The number of hydrogen-bond donors (Lipinski definition) is 1. The molecule has 1 N–H and O–H groups in total. The largest absolute Gasteiger partial charge is 0.509 e. The summed E-state index contributed by atoms with van der Waals surface area (Å²) in [6.07, 6.45) is -0.200. The van der Waals surface area contributed by atoms with Crippen LogP contribution in [0.5, 0.6) is 0 Å². The number of allylic oxidation sites excluding steroid dienone is 1. The summed E-state index contributed by atoms with van der Waals surface area (Å²) in [5.41, 5.74) is -1.93. The van der Waals surface area contributed by atoms with Crippen LogP contribution in [0, 0.1) is 45.8 Å². The Morgan fingerprint density at radius 1 is 1.04 bits per heavy atom. The third-order valence-electron chi connectivity index (χ3n) is 12.6. The molecule has 11 nitrogen and oxygen atoms in total. The van der Waals surface area contributed by atoms with Crippen molar-refractivity contribution in [1.82, 2.24) is 0 Å². The van der Waals surface area contributed by atoms with Gasteiger partial charge in [0.2, 0.25) is 0 Å². The lowest BCUT2D eigenvalue weighted by molar-refractivity contribution is -0.309. The second-order valence-electron chi connectivity index (χ2n) is 15.1. The van der Waals surface area contributed by atoms with Gasteiger partial charge in [0.1, 0.15) is 24.4 Å². The van der Waals surface area contributed by atoms with Gasteiger partial charge in [0, 0.05) is 18.9 Å². The third kappa shape index (κ3) is 5.33. The molecule has 0 spiro atoms. The molecule has 49 heavy (non-hydrogen) atoms. The fraction of sp³-hybridized carbons (Fsp3) is 0.684. The van der Waals surface area contributed by atoms with Crippen molar-refractivity contribution in [2.75, 3.05) is 13.7 Å². The van der Waals surface area contributed by atoms with Gasteiger partial charge in [0.25, 0.3) is 0 Å². The number of aldehydes is 1. The highest BCUT2D eigenvalue weighted by Crippen LogP contribution is 2.82. The first-order chi connectivity index (χ1) is 23.4. The van der Waals surface area contributed by atoms with Crippen LogP contribution in [0.15, 0.2) is 42.0 Å². The van der Waals surface area contributed by atoms with Crippen LogP contribution in [-0.2, 0) is 49.4 Å². The number of aliphatic carboxylic acids is 1. The Kier molecular flexibility index (Phi) is 9.76. The molecule has 3 saturated carbocycles. The zero-order chi connectivity index (χ0) is 35.3. The monoisotopic (exact) mass is 682 g/mol. The number of ether oxygens (including phenoxy) is 6. The van der Waals surface area contributed by atoms with Crippen LogP contribution in [0.25, 0.3) is 0 Å². The van der Waals surface area contributed by atoms with E-state index in [1.54, 1.807) is 13.8 Å². The van der Waals surface area contributed by atoms with Crippen LogP contribution in [0.2, 0.25) is 0 Å². The Morgan fingerprint density at radius 3 is 2.41 bits per heavy atom. The summed E-state index contributed by atoms with van der Waals surface area (Å²) < 4.78 is 35.8. The Balaban J connectivity index is 1.35. The van der Waals surface area contributed by atoms with Gasteiger partial charge < -0.3 is 38.3 Å². The molecule has 4 fully saturated rings. The number of carbonyl (C=O) groups is 4. The smallest absolute Gasteiger partial charge is 0.481 e. The molecule has 1 aromatic rings. The molecule has 0 radical (unpaired) electrons. The predicted octanol–water partition coefficient (Wildman–Crippen LogP) is 5.73. The normalized spacial score (nSPS) is 40.4. The van der Waals surface area contributed by atoms with Crippen molar-refractivity contribution in [3.8, 4) is 0 Å². The van der Waals surface area contributed by atoms with Crippen LogP contribution in [0.4, 0.5) is 4.79 Å². The molecule has 4 aliphatic carbocycles. The molecule has 1 heterocycles. The number of carboxylic acid groups (broad SMARTS) is 1. The third-order valence-corrected chi connectivity index (χ3v) is 12.6. The molecule has 11 heteroatoms. The Morgan fingerprint density at radius 2 is 1.78 bits per heavy atom. The Bertz CT molecular complexity index is 1460. The number of fused-ring (bicyclic) bond motifs is 2. The summed E-state index contributed by atoms with van der Waals surface area (Å²) in [6, 6.07) is 9.12. The summed E-state index contributed by atoms with van der Waals surface area (Å²) in [5, 5.41) is 11.4. The van der Waals surface area contributed by atoms with E-state index in [0.29, 0.717) is 18.8 Å². The lowest BCUT2D eigenvalue weighted by Crippen LogP contribution is -2.65. The van der Waals surface area contributed by atoms with E-state index in [-0.39, 0.29) is 43.3 Å². The molecule has 4 bridgehead atoms. The average Bonchev–Trinajstić information content (AvgIpc) is 3.65. The summed E-state index contributed by atoms with van der Waals surface area (Å²) in [5.74, 6) is -1.37. The quantitative estimate of drug-likeness (QED) is 0.164. The van der Waals surface area contributed by atoms with Gasteiger partial charge in [0.05, 0.1) is 18.1 Å². The zero-order valence-electron chi connectivity index (χ0n) is 29.3. The first-order valence-electron chi connectivity index (χ1n) is 17.7. The molecule has 1 aromatic carbocycles. The average molecular weight is 683 g/mol. The minimum absolute atomic E-state index is 0.0293. The number of rotatable bonds is 12. The molecular weight excluding hydrogens is 632 g/mol.